The van der Waals surface area contributed by atoms with Crippen molar-refractivity contribution in [2.45, 2.75) is 26.0 Å². The number of nitrogens with one attached hydrogen (secondary N) is 1. The molecule has 1 aliphatic rings. The molecule has 1 amide bonds. The van der Waals surface area contributed by atoms with Crippen LogP contribution in [0.4, 0.5) is 0 Å². The van der Waals surface area contributed by atoms with Crippen LogP contribution in [0.5, 0.6) is 5.75 Å². The number of benzene rings is 2. The van der Waals surface area contributed by atoms with Gasteiger partial charge < -0.3 is 24.5 Å². The normalized spacial score (nSPS) is 18.1. The number of amides is 1. The van der Waals surface area contributed by atoms with Crippen LogP contribution in [-0.4, -0.2) is 53.0 Å². The minimum absolute atomic E-state index is 0.00233. The predicted molar refractivity (Wildman–Crippen MR) is 121 cm³/mol. The van der Waals surface area contributed by atoms with Crippen molar-refractivity contribution in [2.75, 3.05) is 20.3 Å². The van der Waals surface area contributed by atoms with Gasteiger partial charge in [0.15, 0.2) is 0 Å². The molecule has 1 aromatic heterocycles. The highest BCUT2D eigenvalue weighted by atomic mass is 16.5. The van der Waals surface area contributed by atoms with E-state index < -0.39 is 17.7 Å². The Kier molecular flexibility index (Phi) is 6.01. The lowest BCUT2D eigenvalue weighted by atomic mass is 9.95. The first-order valence-corrected chi connectivity index (χ1v) is 10.5. The first-order chi connectivity index (χ1) is 15.4. The van der Waals surface area contributed by atoms with Crippen LogP contribution in [0.1, 0.15) is 31.0 Å². The Hall–Kier alpha value is -3.58. The largest absolute Gasteiger partial charge is 0.507 e. The molecule has 0 spiro atoms. The molecule has 2 aromatic carbocycles. The molecule has 0 radical (unpaired) electrons. The Morgan fingerprint density at radius 2 is 1.84 bits per heavy atom. The molecule has 1 unspecified atom stereocenters. The molecule has 7 nitrogen and oxygen atoms in total. The molecule has 32 heavy (non-hydrogen) atoms. The van der Waals surface area contributed by atoms with Crippen LogP contribution in [0, 0.1) is 0 Å². The van der Waals surface area contributed by atoms with Gasteiger partial charge in [-0.3, -0.25) is 9.59 Å². The second-order valence-electron chi connectivity index (χ2n) is 7.93. The SMILES string of the molecule is COc1ccc(C2/C(=C(/O)c3c[nH]c4ccccc34)C(=O)C(=O)N2CCOC(C)C)cc1. The maximum Gasteiger partial charge on any atom is 0.295 e. The number of methoxy groups -OCH3 is 1. The standard InChI is InChI=1S/C25H26N2O5/c1-15(2)32-13-12-27-22(16-8-10-17(31-3)11-9-16)21(24(29)25(27)30)23(28)19-14-26-20-7-5-4-6-18(19)20/h4-11,14-15,22,26,28H,12-13H2,1-3H3/b23-21-. The summed E-state index contributed by atoms with van der Waals surface area (Å²) in [7, 11) is 1.57. The summed E-state index contributed by atoms with van der Waals surface area (Å²) in [4.78, 5) is 30.7. The number of aromatic amines is 1. The van der Waals surface area contributed by atoms with Gasteiger partial charge in [-0.15, -0.1) is 0 Å². The zero-order valence-electron chi connectivity index (χ0n) is 18.3. The predicted octanol–water partition coefficient (Wildman–Crippen LogP) is 4.02. The molecule has 1 saturated heterocycles. The van der Waals surface area contributed by atoms with Crippen LogP contribution < -0.4 is 4.74 Å². The second-order valence-corrected chi connectivity index (χ2v) is 7.93. The quantitative estimate of drug-likeness (QED) is 0.333. The summed E-state index contributed by atoms with van der Waals surface area (Å²) in [5, 5.41) is 12.0. The second kappa shape index (κ2) is 8.88. The maximum atomic E-state index is 13.1. The van der Waals surface area contributed by atoms with E-state index in [2.05, 4.69) is 4.98 Å². The minimum atomic E-state index is -0.731. The number of para-hydroxylation sites is 1. The van der Waals surface area contributed by atoms with Crippen molar-refractivity contribution < 1.29 is 24.2 Å². The first kappa shape index (κ1) is 21.6. The average Bonchev–Trinajstić information content (AvgIpc) is 3.33. The number of rotatable bonds is 7. The Morgan fingerprint density at radius 3 is 2.53 bits per heavy atom. The lowest BCUT2D eigenvalue weighted by Gasteiger charge is -2.25. The molecule has 4 rings (SSSR count). The van der Waals surface area contributed by atoms with Crippen LogP contribution in [0.25, 0.3) is 16.7 Å². The molecular weight excluding hydrogens is 408 g/mol. The fourth-order valence-corrected chi connectivity index (χ4v) is 4.04. The van der Waals surface area contributed by atoms with Crippen LogP contribution >= 0.6 is 0 Å². The van der Waals surface area contributed by atoms with E-state index in [-0.39, 0.29) is 30.6 Å². The van der Waals surface area contributed by atoms with E-state index in [1.165, 1.54) is 4.90 Å². The monoisotopic (exact) mass is 434 g/mol. The topological polar surface area (TPSA) is 91.9 Å². The molecule has 7 heteroatoms. The van der Waals surface area contributed by atoms with Crippen molar-refractivity contribution in [3.8, 4) is 5.75 Å². The highest BCUT2D eigenvalue weighted by Gasteiger charge is 2.46. The Balaban J connectivity index is 1.83. The Morgan fingerprint density at radius 1 is 1.12 bits per heavy atom. The number of carbonyl (C=O) groups excluding carboxylic acids is 2. The number of fused-ring (bicyclic) bond motifs is 1. The highest BCUT2D eigenvalue weighted by molar-refractivity contribution is 6.46. The number of ether oxygens (including phenoxy) is 2. The van der Waals surface area contributed by atoms with E-state index in [4.69, 9.17) is 9.47 Å². The third-order valence-corrected chi connectivity index (χ3v) is 5.60. The Labute approximate surface area is 186 Å². The number of ketones is 1. The molecule has 0 saturated carbocycles. The van der Waals surface area contributed by atoms with Crippen LogP contribution in [0.2, 0.25) is 0 Å². The summed E-state index contributed by atoms with van der Waals surface area (Å²) in [6.07, 6.45) is 1.65. The van der Waals surface area contributed by atoms with Crippen molar-refractivity contribution in [2.24, 2.45) is 0 Å². The van der Waals surface area contributed by atoms with Gasteiger partial charge in [-0.1, -0.05) is 30.3 Å². The molecule has 1 fully saturated rings. The van der Waals surface area contributed by atoms with E-state index in [0.29, 0.717) is 16.9 Å². The number of aliphatic hydroxyl groups excluding tert-OH is 1. The molecular formula is C25H26N2O5. The van der Waals surface area contributed by atoms with E-state index in [9.17, 15) is 14.7 Å². The summed E-state index contributed by atoms with van der Waals surface area (Å²) in [5.41, 5.74) is 2.08. The van der Waals surface area contributed by atoms with Gasteiger partial charge in [0.25, 0.3) is 11.7 Å². The van der Waals surface area contributed by atoms with E-state index >= 15 is 0 Å². The maximum absolute atomic E-state index is 13.1. The molecule has 166 valence electrons. The van der Waals surface area contributed by atoms with Crippen molar-refractivity contribution in [1.29, 1.82) is 0 Å². The van der Waals surface area contributed by atoms with Gasteiger partial charge in [0, 0.05) is 29.2 Å². The number of H-pyrrole nitrogens is 1. The smallest absolute Gasteiger partial charge is 0.295 e. The fourth-order valence-electron chi connectivity index (χ4n) is 4.04. The zero-order valence-corrected chi connectivity index (χ0v) is 18.3. The molecule has 3 aromatic rings. The number of aromatic nitrogens is 1. The van der Waals surface area contributed by atoms with Crippen LogP contribution in [-0.2, 0) is 14.3 Å². The number of hydrogen-bond acceptors (Lipinski definition) is 5. The molecule has 2 N–H and O–H groups in total. The van der Waals surface area contributed by atoms with Gasteiger partial charge in [0.1, 0.15) is 11.5 Å². The number of carbonyl (C=O) groups is 2. The minimum Gasteiger partial charge on any atom is -0.507 e. The number of Topliss-reactive ketones (excluding diaryl/α,β-unsaturated/α-hetero) is 1. The van der Waals surface area contributed by atoms with Crippen molar-refractivity contribution in [1.82, 2.24) is 9.88 Å². The van der Waals surface area contributed by atoms with Gasteiger partial charge in [-0.25, -0.2) is 0 Å². The van der Waals surface area contributed by atoms with E-state index in [1.807, 2.05) is 38.1 Å². The fraction of sp³-hybridized carbons (Fsp3) is 0.280. The van der Waals surface area contributed by atoms with E-state index in [0.717, 1.165) is 10.9 Å². The number of aliphatic hydroxyl groups is 1. The van der Waals surface area contributed by atoms with E-state index in [1.54, 1.807) is 37.6 Å². The van der Waals surface area contributed by atoms with Crippen molar-refractivity contribution in [3.05, 3.63) is 71.4 Å². The lowest BCUT2D eigenvalue weighted by molar-refractivity contribution is -0.140. The van der Waals surface area contributed by atoms with Gasteiger partial charge >= 0.3 is 0 Å². The van der Waals surface area contributed by atoms with Gasteiger partial charge in [0.2, 0.25) is 0 Å². The molecule has 1 atom stereocenters. The molecule has 0 aliphatic carbocycles. The summed E-state index contributed by atoms with van der Waals surface area (Å²) < 4.78 is 10.9. The number of nitrogens with zero attached hydrogens (tertiary/aromatic N) is 1. The van der Waals surface area contributed by atoms with Gasteiger partial charge in [-0.05, 0) is 37.6 Å². The van der Waals surface area contributed by atoms with Crippen molar-refractivity contribution >= 4 is 28.4 Å². The lowest BCUT2D eigenvalue weighted by Crippen LogP contribution is -2.33. The average molecular weight is 434 g/mol. The third-order valence-electron chi connectivity index (χ3n) is 5.60. The van der Waals surface area contributed by atoms with Crippen molar-refractivity contribution in [3.63, 3.8) is 0 Å². The Bertz CT molecular complexity index is 1180. The first-order valence-electron chi connectivity index (χ1n) is 10.5. The molecule has 1 aliphatic heterocycles. The highest BCUT2D eigenvalue weighted by Crippen LogP contribution is 2.40. The van der Waals surface area contributed by atoms with Crippen LogP contribution in [0.15, 0.2) is 60.3 Å². The summed E-state index contributed by atoms with van der Waals surface area (Å²) in [6, 6.07) is 13.9. The summed E-state index contributed by atoms with van der Waals surface area (Å²) >= 11 is 0. The summed E-state index contributed by atoms with van der Waals surface area (Å²) in [6.45, 7) is 4.33. The molecule has 2 heterocycles. The zero-order chi connectivity index (χ0) is 22.8. The summed E-state index contributed by atoms with van der Waals surface area (Å²) in [5.74, 6) is -0.905. The molecule has 0 bridgehead atoms. The van der Waals surface area contributed by atoms with Crippen LogP contribution in [0.3, 0.4) is 0 Å². The van der Waals surface area contributed by atoms with Gasteiger partial charge in [-0.2, -0.15) is 0 Å². The third kappa shape index (κ3) is 3.87. The number of hydrogen-bond donors (Lipinski definition) is 2. The van der Waals surface area contributed by atoms with Gasteiger partial charge in [0.05, 0.1) is 31.4 Å². The number of likely N-dealkylation sites (tertiary alicyclic amines) is 1.